The van der Waals surface area contributed by atoms with Gasteiger partial charge in [0.2, 0.25) is 0 Å². The first-order valence-corrected chi connectivity index (χ1v) is 8.58. The highest BCUT2D eigenvalue weighted by atomic mass is 15.1. The minimum absolute atomic E-state index is 0.951. The summed E-state index contributed by atoms with van der Waals surface area (Å²) in [7, 11) is 2.24. The summed E-state index contributed by atoms with van der Waals surface area (Å²) in [6, 6.07) is 0. The molecule has 0 atom stereocenters. The molecular formula is C17H38N2. The smallest absolute Gasteiger partial charge is 0.000744 e. The van der Waals surface area contributed by atoms with Crippen molar-refractivity contribution >= 4 is 0 Å². The zero-order valence-electron chi connectivity index (χ0n) is 14.2. The van der Waals surface area contributed by atoms with Crippen LogP contribution in [-0.2, 0) is 0 Å². The number of nitrogens with zero attached hydrogens (tertiary/aromatic N) is 2. The van der Waals surface area contributed by atoms with Crippen LogP contribution in [0.3, 0.4) is 0 Å². The number of unbranched alkanes of at least 4 members (excludes halogenated alkanes) is 2. The first kappa shape index (κ1) is 18.9. The maximum Gasteiger partial charge on any atom is 0.000744 e. The number of piperidine rings is 1. The summed E-state index contributed by atoms with van der Waals surface area (Å²) in [5.41, 5.74) is 0. The van der Waals surface area contributed by atoms with Crippen LogP contribution in [-0.4, -0.2) is 49.6 Å². The largest absolute Gasteiger partial charge is 0.306 e. The molecular weight excluding hydrogens is 232 g/mol. The minimum Gasteiger partial charge on any atom is -0.306 e. The van der Waals surface area contributed by atoms with Crippen LogP contribution in [0.2, 0.25) is 0 Å². The van der Waals surface area contributed by atoms with Crippen LogP contribution in [0.4, 0.5) is 0 Å². The molecule has 0 amide bonds. The molecule has 19 heavy (non-hydrogen) atoms. The summed E-state index contributed by atoms with van der Waals surface area (Å²) >= 11 is 0. The van der Waals surface area contributed by atoms with Gasteiger partial charge in [0, 0.05) is 6.54 Å². The van der Waals surface area contributed by atoms with Crippen LogP contribution < -0.4 is 0 Å². The van der Waals surface area contributed by atoms with Crippen molar-refractivity contribution in [3.8, 4) is 0 Å². The third-order valence-corrected chi connectivity index (χ3v) is 3.89. The van der Waals surface area contributed by atoms with Crippen LogP contribution in [0.1, 0.15) is 66.2 Å². The standard InChI is InChI=1S/C14H30N2.C3H8/c1-4-6-7-10-16-11-8-14(9-12-16)13-15(3)5-2;1-3-2/h14H,4-13H2,1-3H3;3H2,1-2H3. The highest BCUT2D eigenvalue weighted by Gasteiger charge is 2.19. The summed E-state index contributed by atoms with van der Waals surface area (Å²) in [5.74, 6) is 0.951. The Labute approximate surface area is 122 Å². The first-order valence-electron chi connectivity index (χ1n) is 8.58. The molecule has 2 nitrogen and oxygen atoms in total. The van der Waals surface area contributed by atoms with Gasteiger partial charge in [-0.3, -0.25) is 0 Å². The Bertz CT molecular complexity index is 174. The van der Waals surface area contributed by atoms with Gasteiger partial charge in [-0.25, -0.2) is 0 Å². The third kappa shape index (κ3) is 10.4. The average molecular weight is 271 g/mol. The molecule has 0 aromatic rings. The number of hydrogen-bond acceptors (Lipinski definition) is 2. The van der Waals surface area contributed by atoms with E-state index in [0.29, 0.717) is 0 Å². The van der Waals surface area contributed by atoms with Gasteiger partial charge in [0.1, 0.15) is 0 Å². The monoisotopic (exact) mass is 270 g/mol. The van der Waals surface area contributed by atoms with Crippen LogP contribution in [0, 0.1) is 5.92 Å². The second-order valence-corrected chi connectivity index (χ2v) is 6.05. The Balaban J connectivity index is 0.000000982. The molecule has 1 saturated heterocycles. The summed E-state index contributed by atoms with van der Waals surface area (Å²) in [4.78, 5) is 5.12. The zero-order chi connectivity index (χ0) is 14.5. The van der Waals surface area contributed by atoms with E-state index in [1.807, 2.05) is 0 Å². The maximum absolute atomic E-state index is 2.66. The van der Waals surface area contributed by atoms with E-state index in [1.54, 1.807) is 0 Å². The summed E-state index contributed by atoms with van der Waals surface area (Å²) in [6.07, 6.45) is 8.22. The SMILES string of the molecule is CCC.CCCCCN1CCC(CN(C)CC)CC1. The van der Waals surface area contributed by atoms with Gasteiger partial charge in [-0.15, -0.1) is 0 Å². The number of likely N-dealkylation sites (tertiary alicyclic amines) is 1. The van der Waals surface area contributed by atoms with E-state index in [9.17, 15) is 0 Å². The molecule has 0 radical (unpaired) electrons. The zero-order valence-corrected chi connectivity index (χ0v) is 14.2. The van der Waals surface area contributed by atoms with Gasteiger partial charge in [-0.1, -0.05) is 47.0 Å². The Hall–Kier alpha value is -0.0800. The Morgan fingerprint density at radius 2 is 1.58 bits per heavy atom. The van der Waals surface area contributed by atoms with Crippen LogP contribution in [0.15, 0.2) is 0 Å². The predicted molar refractivity (Wildman–Crippen MR) is 87.8 cm³/mol. The average Bonchev–Trinajstić information content (AvgIpc) is 2.42. The first-order chi connectivity index (χ1) is 9.17. The molecule has 1 rings (SSSR count). The highest BCUT2D eigenvalue weighted by Crippen LogP contribution is 2.18. The molecule has 0 aromatic heterocycles. The molecule has 0 aliphatic carbocycles. The molecule has 1 aliphatic heterocycles. The van der Waals surface area contributed by atoms with Crippen molar-refractivity contribution in [3.63, 3.8) is 0 Å². The lowest BCUT2D eigenvalue weighted by molar-refractivity contribution is 0.154. The van der Waals surface area contributed by atoms with Crippen molar-refractivity contribution < 1.29 is 0 Å². The lowest BCUT2D eigenvalue weighted by atomic mass is 9.96. The van der Waals surface area contributed by atoms with E-state index in [2.05, 4.69) is 44.5 Å². The minimum atomic E-state index is 0.951. The fraction of sp³-hybridized carbons (Fsp3) is 1.00. The lowest BCUT2D eigenvalue weighted by Crippen LogP contribution is -2.38. The van der Waals surface area contributed by atoms with E-state index in [0.717, 1.165) is 5.92 Å². The third-order valence-electron chi connectivity index (χ3n) is 3.89. The predicted octanol–water partition coefficient (Wildman–Crippen LogP) is 4.26. The van der Waals surface area contributed by atoms with E-state index < -0.39 is 0 Å². The molecule has 0 N–H and O–H groups in total. The Morgan fingerprint density at radius 1 is 1.00 bits per heavy atom. The van der Waals surface area contributed by atoms with Crippen LogP contribution in [0.25, 0.3) is 0 Å². The summed E-state index contributed by atoms with van der Waals surface area (Å²) < 4.78 is 0. The van der Waals surface area contributed by atoms with E-state index in [4.69, 9.17) is 0 Å². The Kier molecular flexibility index (Phi) is 12.9. The molecule has 116 valence electrons. The van der Waals surface area contributed by atoms with Gasteiger partial charge >= 0.3 is 0 Å². The second-order valence-electron chi connectivity index (χ2n) is 6.05. The molecule has 1 fully saturated rings. The van der Waals surface area contributed by atoms with Gasteiger partial charge < -0.3 is 9.80 Å². The van der Waals surface area contributed by atoms with Crippen molar-refractivity contribution in [1.29, 1.82) is 0 Å². The normalized spacial score (nSPS) is 17.4. The van der Waals surface area contributed by atoms with Gasteiger partial charge in [0.05, 0.1) is 0 Å². The molecule has 1 aliphatic rings. The van der Waals surface area contributed by atoms with E-state index >= 15 is 0 Å². The number of hydrogen-bond donors (Lipinski definition) is 0. The van der Waals surface area contributed by atoms with Crippen molar-refractivity contribution in [2.75, 3.05) is 39.8 Å². The van der Waals surface area contributed by atoms with E-state index in [1.165, 1.54) is 71.2 Å². The van der Waals surface area contributed by atoms with Gasteiger partial charge in [0.15, 0.2) is 0 Å². The van der Waals surface area contributed by atoms with Crippen molar-refractivity contribution in [2.45, 2.75) is 66.2 Å². The summed E-state index contributed by atoms with van der Waals surface area (Å²) in [5, 5.41) is 0. The topological polar surface area (TPSA) is 6.48 Å². The van der Waals surface area contributed by atoms with Crippen molar-refractivity contribution in [3.05, 3.63) is 0 Å². The number of rotatable bonds is 7. The molecule has 0 saturated carbocycles. The molecule has 0 aromatic carbocycles. The second kappa shape index (κ2) is 12.9. The quantitative estimate of drug-likeness (QED) is 0.638. The van der Waals surface area contributed by atoms with Crippen LogP contribution in [0.5, 0.6) is 0 Å². The van der Waals surface area contributed by atoms with Gasteiger partial charge in [-0.2, -0.15) is 0 Å². The van der Waals surface area contributed by atoms with E-state index in [-0.39, 0.29) is 0 Å². The fourth-order valence-electron chi connectivity index (χ4n) is 2.55. The van der Waals surface area contributed by atoms with Crippen LogP contribution >= 0.6 is 0 Å². The molecule has 2 heteroatoms. The van der Waals surface area contributed by atoms with Crippen molar-refractivity contribution in [2.24, 2.45) is 5.92 Å². The van der Waals surface area contributed by atoms with Crippen molar-refractivity contribution in [1.82, 2.24) is 9.80 Å². The lowest BCUT2D eigenvalue weighted by Gasteiger charge is -2.33. The molecule has 0 spiro atoms. The molecule has 0 unspecified atom stereocenters. The highest BCUT2D eigenvalue weighted by molar-refractivity contribution is 4.74. The van der Waals surface area contributed by atoms with Gasteiger partial charge in [-0.05, 0) is 58.4 Å². The molecule has 1 heterocycles. The Morgan fingerprint density at radius 3 is 2.05 bits per heavy atom. The molecule has 0 bridgehead atoms. The summed E-state index contributed by atoms with van der Waals surface area (Å²) in [6.45, 7) is 15.3. The maximum atomic E-state index is 2.66. The van der Waals surface area contributed by atoms with Gasteiger partial charge in [0.25, 0.3) is 0 Å². The fourth-order valence-corrected chi connectivity index (χ4v) is 2.55.